The van der Waals surface area contributed by atoms with Crippen LogP contribution in [-0.4, -0.2) is 28.2 Å². The van der Waals surface area contributed by atoms with E-state index in [4.69, 9.17) is 5.73 Å². The largest absolute Gasteiger partial charge is 0.368 e. The number of amides is 2. The van der Waals surface area contributed by atoms with Gasteiger partial charge in [0, 0.05) is 18.9 Å². The molecule has 0 unspecified atom stereocenters. The van der Waals surface area contributed by atoms with Crippen LogP contribution < -0.4 is 5.73 Å². The lowest BCUT2D eigenvalue weighted by atomic mass is 10.0. The molecule has 3 aromatic rings. The fourth-order valence-corrected chi connectivity index (χ4v) is 2.71. The molecule has 0 aliphatic carbocycles. The van der Waals surface area contributed by atoms with Gasteiger partial charge < -0.3 is 10.6 Å². The number of carbonyl (C=O) groups is 2. The molecule has 0 spiro atoms. The molecule has 0 aliphatic heterocycles. The predicted octanol–water partition coefficient (Wildman–Crippen LogP) is 2.88. The average molecular weight is 345 g/mol. The van der Waals surface area contributed by atoms with Crippen molar-refractivity contribution >= 4 is 11.8 Å². The first kappa shape index (κ1) is 17.4. The zero-order valence-electron chi connectivity index (χ0n) is 14.2. The molecule has 2 amide bonds. The van der Waals surface area contributed by atoms with E-state index in [9.17, 15) is 9.59 Å². The summed E-state index contributed by atoms with van der Waals surface area (Å²) in [6.07, 6.45) is 3.08. The first-order chi connectivity index (χ1) is 12.6. The van der Waals surface area contributed by atoms with Crippen LogP contribution in [0.4, 0.5) is 0 Å². The van der Waals surface area contributed by atoms with Crippen molar-refractivity contribution in [1.29, 1.82) is 0 Å². The van der Waals surface area contributed by atoms with Gasteiger partial charge in [-0.05, 0) is 28.8 Å². The van der Waals surface area contributed by atoms with E-state index in [-0.39, 0.29) is 12.5 Å². The van der Waals surface area contributed by atoms with Crippen molar-refractivity contribution < 1.29 is 9.59 Å². The highest BCUT2D eigenvalue weighted by Gasteiger charge is 2.18. The minimum atomic E-state index is -0.553. The van der Waals surface area contributed by atoms with Crippen molar-refractivity contribution in [3.8, 4) is 11.1 Å². The fourth-order valence-electron chi connectivity index (χ4n) is 2.71. The predicted molar refractivity (Wildman–Crippen MR) is 100 cm³/mol. The molecule has 5 heteroatoms. The number of nitrogens with two attached hydrogens (primary N) is 1. The standard InChI is InChI=1S/C21H19N3O2/c22-20(25)15-24(21(26)19-7-4-12-23-13-19)14-16-8-10-18(11-9-16)17-5-2-1-3-6-17/h1-13H,14-15H2,(H2,22,25). The van der Waals surface area contributed by atoms with E-state index in [1.165, 1.54) is 11.1 Å². The Morgan fingerprint density at radius 1 is 0.885 bits per heavy atom. The Hall–Kier alpha value is -3.47. The SMILES string of the molecule is NC(=O)CN(Cc1ccc(-c2ccccc2)cc1)C(=O)c1cccnc1. The molecule has 0 bridgehead atoms. The molecule has 0 atom stereocenters. The van der Waals surface area contributed by atoms with Gasteiger partial charge in [0.25, 0.3) is 5.91 Å². The Morgan fingerprint density at radius 3 is 2.19 bits per heavy atom. The smallest absolute Gasteiger partial charge is 0.256 e. The Kier molecular flexibility index (Phi) is 5.39. The van der Waals surface area contributed by atoms with E-state index in [0.29, 0.717) is 12.1 Å². The number of benzene rings is 2. The lowest BCUT2D eigenvalue weighted by Crippen LogP contribution is -2.38. The van der Waals surface area contributed by atoms with Crippen LogP contribution in [0.2, 0.25) is 0 Å². The zero-order chi connectivity index (χ0) is 18.4. The van der Waals surface area contributed by atoms with Gasteiger partial charge in [-0.15, -0.1) is 0 Å². The van der Waals surface area contributed by atoms with E-state index in [1.807, 2.05) is 54.6 Å². The molecule has 2 aromatic carbocycles. The maximum atomic E-state index is 12.7. The third-order valence-electron chi connectivity index (χ3n) is 3.98. The van der Waals surface area contributed by atoms with Crippen LogP contribution in [0.5, 0.6) is 0 Å². The van der Waals surface area contributed by atoms with Gasteiger partial charge in [0.15, 0.2) is 0 Å². The van der Waals surface area contributed by atoms with Crippen LogP contribution in [0.25, 0.3) is 11.1 Å². The van der Waals surface area contributed by atoms with Gasteiger partial charge in [0.1, 0.15) is 0 Å². The molecule has 0 aliphatic rings. The highest BCUT2D eigenvalue weighted by Crippen LogP contribution is 2.20. The van der Waals surface area contributed by atoms with Crippen LogP contribution in [0.3, 0.4) is 0 Å². The molecule has 1 heterocycles. The second-order valence-electron chi connectivity index (χ2n) is 5.93. The van der Waals surface area contributed by atoms with E-state index in [1.54, 1.807) is 18.3 Å². The number of pyridine rings is 1. The topological polar surface area (TPSA) is 76.3 Å². The molecule has 0 saturated heterocycles. The van der Waals surface area contributed by atoms with Crippen molar-refractivity contribution in [3.05, 3.63) is 90.3 Å². The van der Waals surface area contributed by atoms with Gasteiger partial charge in [-0.2, -0.15) is 0 Å². The molecular formula is C21H19N3O2. The number of hydrogen-bond donors (Lipinski definition) is 1. The first-order valence-corrected chi connectivity index (χ1v) is 8.25. The normalized spacial score (nSPS) is 10.3. The molecule has 3 rings (SSSR count). The molecule has 2 N–H and O–H groups in total. The Balaban J connectivity index is 1.78. The highest BCUT2D eigenvalue weighted by atomic mass is 16.2. The number of rotatable bonds is 6. The summed E-state index contributed by atoms with van der Waals surface area (Å²) in [5.74, 6) is -0.827. The van der Waals surface area contributed by atoms with Crippen molar-refractivity contribution in [1.82, 2.24) is 9.88 Å². The number of aromatic nitrogens is 1. The third-order valence-corrected chi connectivity index (χ3v) is 3.98. The average Bonchev–Trinajstić information content (AvgIpc) is 2.68. The van der Waals surface area contributed by atoms with E-state index >= 15 is 0 Å². The van der Waals surface area contributed by atoms with Crippen LogP contribution in [0.1, 0.15) is 15.9 Å². The monoisotopic (exact) mass is 345 g/mol. The fraction of sp³-hybridized carbons (Fsp3) is 0.0952. The van der Waals surface area contributed by atoms with Crippen molar-refractivity contribution in [2.45, 2.75) is 6.54 Å². The summed E-state index contributed by atoms with van der Waals surface area (Å²) in [5, 5.41) is 0. The number of nitrogens with zero attached hydrogens (tertiary/aromatic N) is 2. The summed E-state index contributed by atoms with van der Waals surface area (Å²) >= 11 is 0. The summed E-state index contributed by atoms with van der Waals surface area (Å²) < 4.78 is 0. The van der Waals surface area contributed by atoms with Gasteiger partial charge in [0.2, 0.25) is 5.91 Å². The van der Waals surface area contributed by atoms with Gasteiger partial charge in [0.05, 0.1) is 12.1 Å². The molecule has 130 valence electrons. The van der Waals surface area contributed by atoms with Gasteiger partial charge >= 0.3 is 0 Å². The molecular weight excluding hydrogens is 326 g/mol. The van der Waals surface area contributed by atoms with Crippen LogP contribution in [0.15, 0.2) is 79.1 Å². The quantitative estimate of drug-likeness (QED) is 0.746. The second kappa shape index (κ2) is 8.07. The van der Waals surface area contributed by atoms with Crippen molar-refractivity contribution in [2.24, 2.45) is 5.73 Å². The third kappa shape index (κ3) is 4.33. The lowest BCUT2D eigenvalue weighted by molar-refractivity contribution is -0.118. The van der Waals surface area contributed by atoms with Gasteiger partial charge in [-0.25, -0.2) is 0 Å². The Bertz CT molecular complexity index is 878. The van der Waals surface area contributed by atoms with Crippen LogP contribution in [0, 0.1) is 0 Å². The highest BCUT2D eigenvalue weighted by molar-refractivity contribution is 5.96. The van der Waals surface area contributed by atoms with Crippen LogP contribution >= 0.6 is 0 Å². The maximum absolute atomic E-state index is 12.7. The second-order valence-corrected chi connectivity index (χ2v) is 5.93. The summed E-state index contributed by atoms with van der Waals surface area (Å²) in [6.45, 7) is 0.153. The van der Waals surface area contributed by atoms with Crippen molar-refractivity contribution in [2.75, 3.05) is 6.54 Å². The summed E-state index contributed by atoms with van der Waals surface area (Å²) in [7, 11) is 0. The van der Waals surface area contributed by atoms with E-state index < -0.39 is 5.91 Å². The molecule has 0 fully saturated rings. The first-order valence-electron chi connectivity index (χ1n) is 8.25. The molecule has 0 saturated carbocycles. The Morgan fingerprint density at radius 2 is 1.58 bits per heavy atom. The Labute approximate surface area is 152 Å². The van der Waals surface area contributed by atoms with Gasteiger partial charge in [-0.1, -0.05) is 54.6 Å². The molecule has 0 radical (unpaired) electrons. The van der Waals surface area contributed by atoms with Crippen molar-refractivity contribution in [3.63, 3.8) is 0 Å². The maximum Gasteiger partial charge on any atom is 0.256 e. The number of hydrogen-bond acceptors (Lipinski definition) is 3. The summed E-state index contributed by atoms with van der Waals surface area (Å²) in [4.78, 5) is 29.4. The minimum Gasteiger partial charge on any atom is -0.368 e. The summed E-state index contributed by atoms with van der Waals surface area (Å²) in [5.41, 5.74) is 8.88. The molecule has 5 nitrogen and oxygen atoms in total. The van der Waals surface area contributed by atoms with E-state index in [2.05, 4.69) is 4.98 Å². The minimum absolute atomic E-state index is 0.145. The molecule has 26 heavy (non-hydrogen) atoms. The number of carbonyl (C=O) groups excluding carboxylic acids is 2. The lowest BCUT2D eigenvalue weighted by Gasteiger charge is -2.21. The van der Waals surface area contributed by atoms with Gasteiger partial charge in [-0.3, -0.25) is 14.6 Å². The summed E-state index contributed by atoms with van der Waals surface area (Å²) in [6, 6.07) is 21.3. The zero-order valence-corrected chi connectivity index (χ0v) is 14.2. The van der Waals surface area contributed by atoms with E-state index in [0.717, 1.165) is 16.7 Å². The van der Waals surface area contributed by atoms with Crippen LogP contribution in [-0.2, 0) is 11.3 Å². The number of primary amides is 1. The molecule has 1 aromatic heterocycles.